The second kappa shape index (κ2) is 9.09. The number of quaternary nitrogens is 1. The number of rotatable bonds is 7. The Bertz CT molecular complexity index is 330. The van der Waals surface area contributed by atoms with Crippen molar-refractivity contribution in [2.75, 3.05) is 33.8 Å². The molecule has 0 aliphatic carbocycles. The first-order valence-corrected chi connectivity index (χ1v) is 6.15. The number of hydrogen-bond acceptors (Lipinski definition) is 3. The van der Waals surface area contributed by atoms with Gasteiger partial charge in [0.1, 0.15) is 0 Å². The van der Waals surface area contributed by atoms with E-state index in [-0.39, 0.29) is 34.9 Å². The molecule has 112 valence electrons. The van der Waals surface area contributed by atoms with E-state index in [1.165, 1.54) is 0 Å². The number of amides is 1. The second-order valence-corrected chi connectivity index (χ2v) is 4.97. The third-order valence-corrected chi connectivity index (χ3v) is 3.04. The van der Waals surface area contributed by atoms with Crippen LogP contribution in [-0.4, -0.2) is 56.2 Å². The highest BCUT2D eigenvalue weighted by atomic mass is 79.9. The van der Waals surface area contributed by atoms with Crippen molar-refractivity contribution in [3.8, 4) is 0 Å². The van der Waals surface area contributed by atoms with Gasteiger partial charge in [-0.05, 0) is 20.8 Å². The maximum atomic E-state index is 11.7. The van der Waals surface area contributed by atoms with Crippen molar-refractivity contribution in [2.24, 2.45) is 0 Å². The summed E-state index contributed by atoms with van der Waals surface area (Å²) in [6.45, 7) is 10.4. The van der Waals surface area contributed by atoms with Crippen LogP contribution >= 0.6 is 0 Å². The van der Waals surface area contributed by atoms with E-state index in [0.717, 1.165) is 0 Å². The monoisotopic (exact) mass is 336 g/mol. The number of ether oxygens (including phenoxy) is 1. The number of esters is 1. The lowest BCUT2D eigenvalue weighted by molar-refractivity contribution is -0.903. The molecule has 0 saturated carbocycles. The minimum absolute atomic E-state index is 0. The van der Waals surface area contributed by atoms with Gasteiger partial charge in [-0.25, -0.2) is 4.79 Å². The van der Waals surface area contributed by atoms with Crippen LogP contribution in [0, 0.1) is 0 Å². The summed E-state index contributed by atoms with van der Waals surface area (Å²) in [6.07, 6.45) is 0. The molecule has 1 atom stereocenters. The second-order valence-electron chi connectivity index (χ2n) is 4.97. The molecule has 1 amide bonds. The minimum Gasteiger partial charge on any atom is -1.00 e. The van der Waals surface area contributed by atoms with Crippen LogP contribution in [0.2, 0.25) is 0 Å². The third-order valence-electron chi connectivity index (χ3n) is 3.04. The summed E-state index contributed by atoms with van der Waals surface area (Å²) < 4.78 is 5.47. The molecule has 5 nitrogen and oxygen atoms in total. The molecule has 0 fully saturated rings. The zero-order valence-electron chi connectivity index (χ0n) is 12.5. The highest BCUT2D eigenvalue weighted by Crippen LogP contribution is 2.07. The van der Waals surface area contributed by atoms with E-state index in [9.17, 15) is 9.59 Å². The van der Waals surface area contributed by atoms with Crippen LogP contribution in [-0.2, 0) is 14.3 Å². The van der Waals surface area contributed by atoms with Gasteiger partial charge in [0, 0.05) is 5.57 Å². The van der Waals surface area contributed by atoms with E-state index >= 15 is 0 Å². The van der Waals surface area contributed by atoms with Crippen molar-refractivity contribution in [3.63, 3.8) is 0 Å². The fraction of sp³-hybridized carbons (Fsp3) is 0.692. The average Bonchev–Trinajstić information content (AvgIpc) is 2.27. The summed E-state index contributed by atoms with van der Waals surface area (Å²) in [5, 5.41) is 2.76. The zero-order chi connectivity index (χ0) is 14.3. The summed E-state index contributed by atoms with van der Waals surface area (Å²) in [4.78, 5) is 23.0. The SMILES string of the molecule is C=C(C)C(=O)NCC[N+](C)(C)C(C)C(=O)OCC.[Br-]. The number of likely N-dealkylation sites (N-methyl/N-ethyl adjacent to an activating group) is 1. The lowest BCUT2D eigenvalue weighted by Gasteiger charge is -2.34. The van der Waals surface area contributed by atoms with Crippen molar-refractivity contribution >= 4 is 11.9 Å². The molecular formula is C13H25BrN2O3. The van der Waals surface area contributed by atoms with Gasteiger partial charge in [-0.3, -0.25) is 4.79 Å². The zero-order valence-corrected chi connectivity index (χ0v) is 14.0. The molecule has 0 radical (unpaired) electrons. The Hall–Kier alpha value is -0.880. The fourth-order valence-electron chi connectivity index (χ4n) is 1.35. The van der Waals surface area contributed by atoms with Crippen LogP contribution in [0.25, 0.3) is 0 Å². The molecular weight excluding hydrogens is 312 g/mol. The first-order chi connectivity index (χ1) is 8.22. The Morgan fingerprint density at radius 2 is 1.89 bits per heavy atom. The van der Waals surface area contributed by atoms with Gasteiger partial charge in [-0.15, -0.1) is 0 Å². The van der Waals surface area contributed by atoms with Gasteiger partial charge in [0.05, 0.1) is 33.8 Å². The molecule has 0 saturated heterocycles. The number of hydrogen-bond donors (Lipinski definition) is 1. The molecule has 0 bridgehead atoms. The Balaban J connectivity index is 0. The van der Waals surface area contributed by atoms with Crippen molar-refractivity contribution in [2.45, 2.75) is 26.8 Å². The maximum Gasteiger partial charge on any atom is 0.364 e. The standard InChI is InChI=1S/C13H24N2O3.BrH/c1-7-18-13(17)11(4)15(5,6)9-8-14-12(16)10(2)3;/h11H,2,7-9H2,1,3-6H3;1H. The molecule has 0 aromatic heterocycles. The van der Waals surface area contributed by atoms with E-state index in [1.807, 2.05) is 21.0 Å². The summed E-state index contributed by atoms with van der Waals surface area (Å²) in [5.74, 6) is -0.368. The van der Waals surface area contributed by atoms with Crippen LogP contribution in [0.3, 0.4) is 0 Å². The molecule has 0 aliphatic rings. The van der Waals surface area contributed by atoms with E-state index in [2.05, 4.69) is 11.9 Å². The summed E-state index contributed by atoms with van der Waals surface area (Å²) in [5.41, 5.74) is 0.485. The van der Waals surface area contributed by atoms with Crippen LogP contribution in [0.1, 0.15) is 20.8 Å². The molecule has 0 aliphatic heterocycles. The highest BCUT2D eigenvalue weighted by Gasteiger charge is 2.31. The first kappa shape index (κ1) is 20.4. The fourth-order valence-corrected chi connectivity index (χ4v) is 1.35. The molecule has 0 aromatic carbocycles. The van der Waals surface area contributed by atoms with Gasteiger partial charge in [0.2, 0.25) is 5.91 Å². The van der Waals surface area contributed by atoms with Crippen molar-refractivity contribution in [1.29, 1.82) is 0 Å². The Labute approximate surface area is 126 Å². The molecule has 0 rings (SSSR count). The molecule has 1 N–H and O–H groups in total. The Morgan fingerprint density at radius 3 is 2.32 bits per heavy atom. The van der Waals surface area contributed by atoms with Gasteiger partial charge in [-0.1, -0.05) is 6.58 Å². The Morgan fingerprint density at radius 1 is 1.37 bits per heavy atom. The first-order valence-electron chi connectivity index (χ1n) is 6.15. The van der Waals surface area contributed by atoms with Crippen LogP contribution in [0.5, 0.6) is 0 Å². The number of carbonyl (C=O) groups excluding carboxylic acids is 2. The quantitative estimate of drug-likeness (QED) is 0.323. The molecule has 19 heavy (non-hydrogen) atoms. The normalized spacial score (nSPS) is 12.1. The van der Waals surface area contributed by atoms with Crippen LogP contribution < -0.4 is 22.3 Å². The van der Waals surface area contributed by atoms with Gasteiger partial charge < -0.3 is 31.5 Å². The summed E-state index contributed by atoms with van der Waals surface area (Å²) in [6, 6.07) is -0.258. The highest BCUT2D eigenvalue weighted by molar-refractivity contribution is 5.92. The van der Waals surface area contributed by atoms with Crippen LogP contribution in [0.4, 0.5) is 0 Å². The number of carbonyl (C=O) groups is 2. The summed E-state index contributed by atoms with van der Waals surface area (Å²) in [7, 11) is 3.88. The van der Waals surface area contributed by atoms with Gasteiger partial charge in [0.15, 0.2) is 6.04 Å². The van der Waals surface area contributed by atoms with Crippen molar-refractivity contribution in [3.05, 3.63) is 12.2 Å². The lowest BCUT2D eigenvalue weighted by Crippen LogP contribution is -3.00. The maximum absolute atomic E-state index is 11.7. The smallest absolute Gasteiger partial charge is 0.364 e. The molecule has 6 heteroatoms. The van der Waals surface area contributed by atoms with Gasteiger partial charge in [0.25, 0.3) is 0 Å². The minimum atomic E-state index is -0.258. The Kier molecular flexibility index (Phi) is 9.78. The number of nitrogens with one attached hydrogen (secondary N) is 1. The van der Waals surface area contributed by atoms with Crippen LogP contribution in [0.15, 0.2) is 12.2 Å². The summed E-state index contributed by atoms with van der Waals surface area (Å²) >= 11 is 0. The van der Waals surface area contributed by atoms with E-state index in [1.54, 1.807) is 13.8 Å². The predicted molar refractivity (Wildman–Crippen MR) is 70.9 cm³/mol. The number of halogens is 1. The van der Waals surface area contributed by atoms with Gasteiger partial charge in [-0.2, -0.15) is 0 Å². The van der Waals surface area contributed by atoms with E-state index < -0.39 is 0 Å². The largest absolute Gasteiger partial charge is 1.00 e. The average molecular weight is 337 g/mol. The van der Waals surface area contributed by atoms with Gasteiger partial charge >= 0.3 is 5.97 Å². The lowest BCUT2D eigenvalue weighted by atomic mass is 10.2. The van der Waals surface area contributed by atoms with Crippen molar-refractivity contribution < 1.29 is 35.8 Å². The topological polar surface area (TPSA) is 55.4 Å². The predicted octanol–water partition coefficient (Wildman–Crippen LogP) is -2.29. The van der Waals surface area contributed by atoms with E-state index in [4.69, 9.17) is 4.74 Å². The molecule has 1 unspecified atom stereocenters. The molecule has 0 aromatic rings. The van der Waals surface area contributed by atoms with E-state index in [0.29, 0.717) is 29.8 Å². The molecule has 0 heterocycles. The number of nitrogens with zero attached hydrogens (tertiary/aromatic N) is 1. The van der Waals surface area contributed by atoms with Crippen molar-refractivity contribution in [1.82, 2.24) is 5.32 Å². The third kappa shape index (κ3) is 7.32. The molecule has 0 spiro atoms.